The van der Waals surface area contributed by atoms with Gasteiger partial charge in [-0.15, -0.1) is 11.8 Å². The van der Waals surface area contributed by atoms with Gasteiger partial charge in [0.1, 0.15) is 0 Å². The molecule has 0 aromatic heterocycles. The predicted molar refractivity (Wildman–Crippen MR) is 95.8 cm³/mol. The number of aliphatic hydroxyl groups excluding tert-OH is 1. The third-order valence-corrected chi connectivity index (χ3v) is 4.12. The number of carbonyl (C=O) groups is 2. The fourth-order valence-electron chi connectivity index (χ4n) is 2.21. The van der Waals surface area contributed by atoms with E-state index >= 15 is 0 Å². The number of thioether (sulfide) groups is 1. The summed E-state index contributed by atoms with van der Waals surface area (Å²) in [4.78, 5) is 27.0. The van der Waals surface area contributed by atoms with Gasteiger partial charge in [-0.25, -0.2) is 0 Å². The Kier molecular flexibility index (Phi) is 6.84. The van der Waals surface area contributed by atoms with Gasteiger partial charge in [0.25, 0.3) is 0 Å². The number of amides is 2. The van der Waals surface area contributed by atoms with Crippen LogP contribution in [0.2, 0.25) is 0 Å². The average molecular weight is 344 g/mol. The van der Waals surface area contributed by atoms with Crippen LogP contribution in [0, 0.1) is 0 Å². The molecular weight excluding hydrogens is 324 g/mol. The second kappa shape index (κ2) is 9.10. The van der Waals surface area contributed by atoms with E-state index in [4.69, 9.17) is 0 Å². The van der Waals surface area contributed by atoms with Gasteiger partial charge in [-0.05, 0) is 30.0 Å². The highest BCUT2D eigenvalue weighted by Gasteiger charge is 2.21. The molecule has 0 radical (unpaired) electrons. The largest absolute Gasteiger partial charge is 0.395 e. The SMILES string of the molecule is CSc1cccc(NC(=O)C(=O)N(CCO)Cc2ccccc2)c1. The fourth-order valence-corrected chi connectivity index (χ4v) is 2.67. The topological polar surface area (TPSA) is 69.6 Å². The number of rotatable bonds is 6. The molecule has 0 heterocycles. The summed E-state index contributed by atoms with van der Waals surface area (Å²) < 4.78 is 0. The smallest absolute Gasteiger partial charge is 0.313 e. The van der Waals surface area contributed by atoms with Gasteiger partial charge in [0.2, 0.25) is 0 Å². The second-order valence-corrected chi connectivity index (χ2v) is 6.00. The lowest BCUT2D eigenvalue weighted by Crippen LogP contribution is -2.40. The quantitative estimate of drug-likeness (QED) is 0.623. The maximum absolute atomic E-state index is 12.4. The summed E-state index contributed by atoms with van der Waals surface area (Å²) in [6.07, 6.45) is 1.94. The molecule has 0 spiro atoms. The number of hydrogen-bond donors (Lipinski definition) is 2. The van der Waals surface area contributed by atoms with E-state index in [2.05, 4.69) is 5.32 Å². The van der Waals surface area contributed by atoms with Crippen LogP contribution in [0.5, 0.6) is 0 Å². The van der Waals surface area contributed by atoms with E-state index in [1.807, 2.05) is 54.8 Å². The van der Waals surface area contributed by atoms with E-state index in [0.29, 0.717) is 5.69 Å². The Morgan fingerprint density at radius 3 is 2.54 bits per heavy atom. The van der Waals surface area contributed by atoms with Crippen LogP contribution >= 0.6 is 11.8 Å². The molecule has 2 rings (SSSR count). The number of nitrogens with zero attached hydrogens (tertiary/aromatic N) is 1. The minimum absolute atomic E-state index is 0.103. The molecule has 2 aromatic rings. The van der Waals surface area contributed by atoms with Gasteiger partial charge >= 0.3 is 11.8 Å². The fraction of sp³-hybridized carbons (Fsp3) is 0.222. The summed E-state index contributed by atoms with van der Waals surface area (Å²) in [6.45, 7) is 0.179. The Bertz CT molecular complexity index is 692. The second-order valence-electron chi connectivity index (χ2n) is 5.12. The summed E-state index contributed by atoms with van der Waals surface area (Å²) in [5, 5.41) is 11.8. The molecule has 6 heteroatoms. The molecule has 0 unspecified atom stereocenters. The highest BCUT2D eigenvalue weighted by atomic mass is 32.2. The molecule has 5 nitrogen and oxygen atoms in total. The molecule has 126 valence electrons. The van der Waals surface area contributed by atoms with E-state index in [-0.39, 0.29) is 19.7 Å². The molecule has 0 bridgehead atoms. The van der Waals surface area contributed by atoms with Gasteiger partial charge in [0.15, 0.2) is 0 Å². The zero-order chi connectivity index (χ0) is 17.4. The lowest BCUT2D eigenvalue weighted by molar-refractivity contribution is -0.143. The van der Waals surface area contributed by atoms with Crippen molar-refractivity contribution in [3.8, 4) is 0 Å². The van der Waals surface area contributed by atoms with Crippen LogP contribution < -0.4 is 5.32 Å². The van der Waals surface area contributed by atoms with Gasteiger partial charge in [-0.2, -0.15) is 0 Å². The molecule has 0 fully saturated rings. The van der Waals surface area contributed by atoms with Gasteiger partial charge < -0.3 is 15.3 Å². The van der Waals surface area contributed by atoms with Crippen molar-refractivity contribution >= 4 is 29.3 Å². The first-order chi connectivity index (χ1) is 11.6. The molecule has 24 heavy (non-hydrogen) atoms. The van der Waals surface area contributed by atoms with Crippen molar-refractivity contribution in [1.29, 1.82) is 0 Å². The maximum Gasteiger partial charge on any atom is 0.313 e. The van der Waals surface area contributed by atoms with Crippen LogP contribution in [0.15, 0.2) is 59.5 Å². The number of benzene rings is 2. The van der Waals surface area contributed by atoms with E-state index in [9.17, 15) is 14.7 Å². The van der Waals surface area contributed by atoms with Crippen LogP contribution in [0.1, 0.15) is 5.56 Å². The normalized spacial score (nSPS) is 10.2. The Hall–Kier alpha value is -2.31. The summed E-state index contributed by atoms with van der Waals surface area (Å²) >= 11 is 1.55. The first-order valence-corrected chi connectivity index (χ1v) is 8.75. The standard InChI is InChI=1S/C18H20N2O3S/c1-24-16-9-5-8-15(12-16)19-17(22)18(23)20(10-11-21)13-14-6-3-2-4-7-14/h2-9,12,21H,10-11,13H2,1H3,(H,19,22). The number of nitrogens with one attached hydrogen (secondary N) is 1. The Labute approximate surface area is 145 Å². The van der Waals surface area contributed by atoms with Crippen LogP contribution in [-0.2, 0) is 16.1 Å². The van der Waals surface area contributed by atoms with Crippen LogP contribution in [0.4, 0.5) is 5.69 Å². The van der Waals surface area contributed by atoms with Crippen LogP contribution in [-0.4, -0.2) is 41.2 Å². The molecule has 0 aliphatic heterocycles. The predicted octanol–water partition coefficient (Wildman–Crippen LogP) is 2.37. The van der Waals surface area contributed by atoms with E-state index in [0.717, 1.165) is 10.5 Å². The van der Waals surface area contributed by atoms with Crippen molar-refractivity contribution in [2.24, 2.45) is 0 Å². The van der Waals surface area contributed by atoms with Crippen molar-refractivity contribution in [2.75, 3.05) is 24.7 Å². The molecule has 0 saturated carbocycles. The van der Waals surface area contributed by atoms with Crippen molar-refractivity contribution in [3.63, 3.8) is 0 Å². The third kappa shape index (κ3) is 5.11. The number of carbonyl (C=O) groups excluding carboxylic acids is 2. The van der Waals surface area contributed by atoms with E-state index < -0.39 is 11.8 Å². The first-order valence-electron chi connectivity index (χ1n) is 7.53. The molecule has 2 aromatic carbocycles. The summed E-state index contributed by atoms with van der Waals surface area (Å²) in [7, 11) is 0. The van der Waals surface area contributed by atoms with Crippen LogP contribution in [0.3, 0.4) is 0 Å². The third-order valence-electron chi connectivity index (χ3n) is 3.40. The summed E-state index contributed by atoms with van der Waals surface area (Å²) in [5.41, 5.74) is 1.47. The monoisotopic (exact) mass is 344 g/mol. The minimum Gasteiger partial charge on any atom is -0.395 e. The number of hydrogen-bond acceptors (Lipinski definition) is 4. The highest BCUT2D eigenvalue weighted by molar-refractivity contribution is 7.98. The maximum atomic E-state index is 12.4. The van der Waals surface area contributed by atoms with E-state index in [1.165, 1.54) is 4.90 Å². The van der Waals surface area contributed by atoms with Crippen molar-refractivity contribution in [2.45, 2.75) is 11.4 Å². The van der Waals surface area contributed by atoms with E-state index in [1.54, 1.807) is 17.8 Å². The average Bonchev–Trinajstić information content (AvgIpc) is 2.61. The summed E-state index contributed by atoms with van der Waals surface area (Å²) in [6, 6.07) is 16.6. The molecule has 2 amide bonds. The number of anilines is 1. The van der Waals surface area contributed by atoms with Gasteiger partial charge in [0, 0.05) is 23.7 Å². The van der Waals surface area contributed by atoms with Gasteiger partial charge in [-0.1, -0.05) is 36.4 Å². The van der Waals surface area contributed by atoms with Crippen molar-refractivity contribution in [1.82, 2.24) is 4.90 Å². The Balaban J connectivity index is 2.06. The van der Waals surface area contributed by atoms with Crippen molar-refractivity contribution < 1.29 is 14.7 Å². The lowest BCUT2D eigenvalue weighted by atomic mass is 10.2. The van der Waals surface area contributed by atoms with Crippen molar-refractivity contribution in [3.05, 3.63) is 60.2 Å². The molecule has 0 aliphatic rings. The lowest BCUT2D eigenvalue weighted by Gasteiger charge is -2.21. The molecule has 0 aliphatic carbocycles. The Morgan fingerprint density at radius 1 is 1.12 bits per heavy atom. The Morgan fingerprint density at radius 2 is 1.88 bits per heavy atom. The van der Waals surface area contributed by atoms with Gasteiger partial charge in [-0.3, -0.25) is 9.59 Å². The molecular formula is C18H20N2O3S. The van der Waals surface area contributed by atoms with Crippen LogP contribution in [0.25, 0.3) is 0 Å². The molecule has 2 N–H and O–H groups in total. The highest BCUT2D eigenvalue weighted by Crippen LogP contribution is 2.19. The zero-order valence-electron chi connectivity index (χ0n) is 13.4. The zero-order valence-corrected chi connectivity index (χ0v) is 14.3. The first kappa shape index (κ1) is 18.0. The summed E-state index contributed by atoms with van der Waals surface area (Å²) in [5.74, 6) is -1.37. The minimum atomic E-state index is -0.711. The number of aliphatic hydroxyl groups is 1. The molecule has 0 saturated heterocycles. The molecule has 0 atom stereocenters. The van der Waals surface area contributed by atoms with Gasteiger partial charge in [0.05, 0.1) is 6.61 Å².